The van der Waals surface area contributed by atoms with Gasteiger partial charge in [-0.2, -0.15) is 12.7 Å². The van der Waals surface area contributed by atoms with E-state index in [0.29, 0.717) is 18.5 Å². The van der Waals surface area contributed by atoms with E-state index in [1.165, 1.54) is 14.2 Å². The van der Waals surface area contributed by atoms with E-state index in [2.05, 4.69) is 32.6 Å². The van der Waals surface area contributed by atoms with Crippen LogP contribution in [-0.4, -0.2) is 45.8 Å². The van der Waals surface area contributed by atoms with Gasteiger partial charge in [0.15, 0.2) is 17.4 Å². The number of methoxy groups -OCH3 is 2. The van der Waals surface area contributed by atoms with Gasteiger partial charge in [-0.05, 0) is 59.3 Å². The quantitative estimate of drug-likeness (QED) is 0.363. The van der Waals surface area contributed by atoms with Crippen LogP contribution in [0.15, 0.2) is 30.3 Å². The van der Waals surface area contributed by atoms with Crippen molar-refractivity contribution in [1.82, 2.24) is 4.31 Å². The van der Waals surface area contributed by atoms with Gasteiger partial charge in [0.25, 0.3) is 0 Å². The molecule has 0 aromatic heterocycles. The number of benzene rings is 2. The van der Waals surface area contributed by atoms with E-state index in [1.54, 1.807) is 18.2 Å². The Labute approximate surface area is 198 Å². The molecular weight excluding hydrogens is 567 g/mol. The van der Waals surface area contributed by atoms with Crippen LogP contribution in [0.4, 0.5) is 25.8 Å². The van der Waals surface area contributed by atoms with Gasteiger partial charge in [-0.25, -0.2) is 8.78 Å². The summed E-state index contributed by atoms with van der Waals surface area (Å²) in [6.45, 7) is 0.171. The number of piperidine rings is 1. The van der Waals surface area contributed by atoms with Gasteiger partial charge >= 0.3 is 10.2 Å². The van der Waals surface area contributed by atoms with E-state index in [9.17, 15) is 17.2 Å². The Morgan fingerprint density at radius 2 is 1.84 bits per heavy atom. The molecule has 1 aliphatic rings. The monoisotopic (exact) mass is 587 g/mol. The van der Waals surface area contributed by atoms with E-state index in [0.717, 1.165) is 20.0 Å². The van der Waals surface area contributed by atoms with E-state index in [4.69, 9.17) is 21.1 Å². The first-order chi connectivity index (χ1) is 14.6. The molecule has 7 nitrogen and oxygen atoms in total. The van der Waals surface area contributed by atoms with Gasteiger partial charge in [0.05, 0.1) is 22.9 Å². The summed E-state index contributed by atoms with van der Waals surface area (Å²) in [7, 11) is -1.25. The van der Waals surface area contributed by atoms with Gasteiger partial charge < -0.3 is 14.8 Å². The number of hydrogen-bond acceptors (Lipinski definition) is 5. The average Bonchev–Trinajstić information content (AvgIpc) is 2.74. The zero-order chi connectivity index (χ0) is 22.8. The molecule has 1 aliphatic heterocycles. The van der Waals surface area contributed by atoms with Crippen LogP contribution in [0, 0.1) is 15.2 Å². The number of ether oxygens (including phenoxy) is 2. The van der Waals surface area contributed by atoms with Crippen molar-refractivity contribution in [2.24, 2.45) is 0 Å². The van der Waals surface area contributed by atoms with Crippen molar-refractivity contribution in [1.29, 1.82) is 0 Å². The van der Waals surface area contributed by atoms with Crippen molar-refractivity contribution in [2.75, 3.05) is 37.3 Å². The topological polar surface area (TPSA) is 79.9 Å². The molecule has 3 rings (SSSR count). The van der Waals surface area contributed by atoms with Crippen molar-refractivity contribution in [2.45, 2.75) is 18.6 Å². The molecule has 0 spiro atoms. The predicted molar refractivity (Wildman–Crippen MR) is 124 cm³/mol. The number of halogens is 4. The lowest BCUT2D eigenvalue weighted by Gasteiger charge is -2.39. The van der Waals surface area contributed by atoms with E-state index >= 15 is 0 Å². The van der Waals surface area contributed by atoms with E-state index < -0.39 is 27.6 Å². The average molecular weight is 588 g/mol. The minimum Gasteiger partial charge on any atom is -0.352 e. The summed E-state index contributed by atoms with van der Waals surface area (Å²) in [6, 6.07) is 6.93. The Morgan fingerprint density at radius 3 is 2.48 bits per heavy atom. The highest BCUT2D eigenvalue weighted by Gasteiger charge is 2.40. The lowest BCUT2D eigenvalue weighted by molar-refractivity contribution is -0.224. The lowest BCUT2D eigenvalue weighted by Crippen LogP contribution is -2.53. The standard InChI is InChI=1S/C19H21ClF2IN3O4S/c1-29-19(30-2)8-3-9-26(11-19)31(27,28)25-16-7-5-14(21)17(22)18(16)24-15-6-4-12(23)10-13(15)20/h4-7,10,24-25H,3,8-9,11H2,1-2H3. The normalized spacial score (nSPS) is 16.8. The first-order valence-corrected chi connectivity index (χ1v) is 12.1. The van der Waals surface area contributed by atoms with Crippen molar-refractivity contribution in [3.05, 3.63) is 50.6 Å². The summed E-state index contributed by atoms with van der Waals surface area (Å²) in [4.78, 5) is 0. The fourth-order valence-electron chi connectivity index (χ4n) is 3.26. The summed E-state index contributed by atoms with van der Waals surface area (Å²) >= 11 is 8.24. The van der Waals surface area contributed by atoms with Crippen LogP contribution < -0.4 is 10.0 Å². The third kappa shape index (κ3) is 5.40. The van der Waals surface area contributed by atoms with Crippen LogP contribution in [0.3, 0.4) is 0 Å². The van der Waals surface area contributed by atoms with Gasteiger partial charge in [0, 0.05) is 30.8 Å². The van der Waals surface area contributed by atoms with E-state index in [1.807, 2.05) is 0 Å². The number of hydrogen-bond donors (Lipinski definition) is 2. The van der Waals surface area contributed by atoms with E-state index in [-0.39, 0.29) is 29.5 Å². The highest BCUT2D eigenvalue weighted by Crippen LogP contribution is 2.35. The van der Waals surface area contributed by atoms with Gasteiger partial charge in [-0.1, -0.05) is 11.6 Å². The molecule has 0 saturated carbocycles. The van der Waals surface area contributed by atoms with Crippen LogP contribution in [-0.2, 0) is 19.7 Å². The molecular formula is C19H21ClF2IN3O4S. The molecule has 170 valence electrons. The molecule has 0 radical (unpaired) electrons. The Hall–Kier alpha value is -1.25. The van der Waals surface area contributed by atoms with Gasteiger partial charge in [0.2, 0.25) is 0 Å². The molecule has 0 amide bonds. The second kappa shape index (κ2) is 9.71. The summed E-state index contributed by atoms with van der Waals surface area (Å²) in [5.74, 6) is -3.45. The largest absolute Gasteiger partial charge is 0.352 e. The molecule has 1 fully saturated rings. The summed E-state index contributed by atoms with van der Waals surface area (Å²) < 4.78 is 69.7. The fourth-order valence-corrected chi connectivity index (χ4v) is 5.48. The molecule has 0 bridgehead atoms. The fraction of sp³-hybridized carbons (Fsp3) is 0.368. The zero-order valence-electron chi connectivity index (χ0n) is 16.7. The summed E-state index contributed by atoms with van der Waals surface area (Å²) in [6.07, 6.45) is 1.03. The van der Waals surface area contributed by atoms with Gasteiger partial charge in [-0.3, -0.25) is 4.72 Å². The first kappa shape index (κ1) is 24.4. The number of anilines is 3. The highest BCUT2D eigenvalue weighted by molar-refractivity contribution is 14.1. The number of rotatable bonds is 7. The van der Waals surface area contributed by atoms with Crippen LogP contribution in [0.2, 0.25) is 5.02 Å². The van der Waals surface area contributed by atoms with Gasteiger partial charge in [-0.15, -0.1) is 0 Å². The molecule has 31 heavy (non-hydrogen) atoms. The maximum absolute atomic E-state index is 14.6. The number of nitrogens with one attached hydrogen (secondary N) is 2. The smallest absolute Gasteiger partial charge is 0.301 e. The molecule has 2 N–H and O–H groups in total. The van der Waals surface area contributed by atoms with Crippen LogP contribution >= 0.6 is 34.2 Å². The van der Waals surface area contributed by atoms with Crippen molar-refractivity contribution >= 4 is 61.5 Å². The second-order valence-corrected chi connectivity index (χ2v) is 10.2. The third-order valence-corrected chi connectivity index (χ3v) is 7.44. The SMILES string of the molecule is COC1(OC)CCCN(S(=O)(=O)Nc2ccc(F)c(F)c2Nc2ccc(I)cc2Cl)C1. The third-order valence-electron chi connectivity index (χ3n) is 4.99. The van der Waals surface area contributed by atoms with Crippen LogP contribution in [0.25, 0.3) is 0 Å². The minimum atomic E-state index is -4.13. The Morgan fingerprint density at radius 1 is 1.16 bits per heavy atom. The zero-order valence-corrected chi connectivity index (χ0v) is 20.4. The molecule has 1 heterocycles. The Bertz CT molecular complexity index is 1070. The molecule has 12 heteroatoms. The van der Waals surface area contributed by atoms with Crippen molar-refractivity contribution < 1.29 is 26.7 Å². The molecule has 0 unspecified atom stereocenters. The summed E-state index contributed by atoms with van der Waals surface area (Å²) in [5.41, 5.74) is -0.254. The van der Waals surface area contributed by atoms with Crippen LogP contribution in [0.5, 0.6) is 0 Å². The maximum atomic E-state index is 14.6. The lowest BCUT2D eigenvalue weighted by atomic mass is 10.1. The Balaban J connectivity index is 1.93. The summed E-state index contributed by atoms with van der Waals surface area (Å²) in [5, 5.41) is 2.96. The predicted octanol–water partition coefficient (Wildman–Crippen LogP) is 4.71. The molecule has 2 aromatic carbocycles. The van der Waals surface area contributed by atoms with Gasteiger partial charge in [0.1, 0.15) is 5.69 Å². The number of nitrogens with zero attached hydrogens (tertiary/aromatic N) is 1. The molecule has 1 saturated heterocycles. The van der Waals surface area contributed by atoms with Crippen molar-refractivity contribution in [3.8, 4) is 0 Å². The molecule has 0 atom stereocenters. The second-order valence-electron chi connectivity index (χ2n) is 6.90. The maximum Gasteiger partial charge on any atom is 0.301 e. The first-order valence-electron chi connectivity index (χ1n) is 9.19. The molecule has 2 aromatic rings. The highest BCUT2D eigenvalue weighted by atomic mass is 127. The Kier molecular flexibility index (Phi) is 7.64. The molecule has 0 aliphatic carbocycles. The van der Waals surface area contributed by atoms with Crippen LogP contribution in [0.1, 0.15) is 12.8 Å². The van der Waals surface area contributed by atoms with Crippen molar-refractivity contribution in [3.63, 3.8) is 0 Å². The minimum absolute atomic E-state index is 0.0509.